The zero-order valence-electron chi connectivity index (χ0n) is 23.1. The molecular formula is C30H37N3O5S. The smallest absolute Gasteiger partial charge is 0.258 e. The molecule has 0 bridgehead atoms. The quantitative estimate of drug-likeness (QED) is 0.326. The van der Waals surface area contributed by atoms with Crippen LogP contribution in [0.2, 0.25) is 0 Å². The second-order valence-corrected chi connectivity index (χ2v) is 11.3. The van der Waals surface area contributed by atoms with E-state index in [-0.39, 0.29) is 22.6 Å². The van der Waals surface area contributed by atoms with Crippen LogP contribution in [0.3, 0.4) is 0 Å². The van der Waals surface area contributed by atoms with E-state index in [0.717, 1.165) is 58.8 Å². The third-order valence-electron chi connectivity index (χ3n) is 7.08. The molecule has 1 aliphatic heterocycles. The van der Waals surface area contributed by atoms with Crippen molar-refractivity contribution in [2.75, 3.05) is 33.3 Å². The Hall–Kier alpha value is -3.56. The highest BCUT2D eigenvalue weighted by molar-refractivity contribution is 7.11. The molecular weight excluding hydrogens is 514 g/mol. The van der Waals surface area contributed by atoms with Crippen molar-refractivity contribution in [1.29, 1.82) is 0 Å². The molecule has 1 aliphatic rings. The maximum absolute atomic E-state index is 13.4. The van der Waals surface area contributed by atoms with Crippen molar-refractivity contribution >= 4 is 23.2 Å². The summed E-state index contributed by atoms with van der Waals surface area (Å²) in [5, 5.41) is 20.9. The predicted octanol–water partition coefficient (Wildman–Crippen LogP) is 5.01. The van der Waals surface area contributed by atoms with E-state index in [2.05, 4.69) is 18.7 Å². The molecule has 0 atom stereocenters. The number of aromatic hydroxyl groups is 2. The number of fused-ring (bicyclic) bond motifs is 1. The number of carbonyl (C=O) groups excluding carboxylic acids is 2. The summed E-state index contributed by atoms with van der Waals surface area (Å²) in [6.07, 6.45) is 0.937. The SMILES string of the molecule is CCN(CC)CCCOc1ccc2c(c1)CN(C(=O)c1cc(C(=O)N(C)Cc3ccc(C)s3)c(O)cc1O)C2. The molecule has 1 aromatic heterocycles. The van der Waals surface area contributed by atoms with Gasteiger partial charge >= 0.3 is 0 Å². The minimum Gasteiger partial charge on any atom is -0.507 e. The molecule has 0 saturated carbocycles. The fraction of sp³-hybridized carbons (Fsp3) is 0.400. The van der Waals surface area contributed by atoms with Gasteiger partial charge in [-0.25, -0.2) is 0 Å². The van der Waals surface area contributed by atoms with Gasteiger partial charge in [-0.05, 0) is 67.9 Å². The van der Waals surface area contributed by atoms with Crippen LogP contribution in [-0.2, 0) is 19.6 Å². The van der Waals surface area contributed by atoms with Crippen molar-refractivity contribution in [3.8, 4) is 17.2 Å². The normalized spacial score (nSPS) is 12.6. The molecule has 0 aliphatic carbocycles. The van der Waals surface area contributed by atoms with Crippen molar-refractivity contribution in [3.63, 3.8) is 0 Å². The summed E-state index contributed by atoms with van der Waals surface area (Å²) in [4.78, 5) is 34.2. The molecule has 0 fully saturated rings. The molecule has 0 unspecified atom stereocenters. The first-order valence-corrected chi connectivity index (χ1v) is 14.1. The third kappa shape index (κ3) is 6.72. The number of thiophene rings is 1. The van der Waals surface area contributed by atoms with Gasteiger partial charge < -0.3 is 29.6 Å². The van der Waals surface area contributed by atoms with Gasteiger partial charge in [-0.3, -0.25) is 9.59 Å². The molecule has 3 aromatic rings. The Balaban J connectivity index is 1.42. The van der Waals surface area contributed by atoms with E-state index in [1.165, 1.54) is 11.0 Å². The molecule has 8 nitrogen and oxygen atoms in total. The van der Waals surface area contributed by atoms with Crippen LogP contribution < -0.4 is 4.74 Å². The van der Waals surface area contributed by atoms with Crippen LogP contribution >= 0.6 is 11.3 Å². The van der Waals surface area contributed by atoms with Gasteiger partial charge in [0.15, 0.2) is 0 Å². The number of phenols is 2. The number of amides is 2. The van der Waals surface area contributed by atoms with E-state index >= 15 is 0 Å². The minimum absolute atomic E-state index is 0.0165. The standard InChI is InChI=1S/C30H37N3O5S/c1-5-32(6-2)12-7-13-38-23-10-9-21-17-33(18-22(21)14-23)30(37)26-15-25(27(34)16-28(26)35)29(36)31(4)19-24-11-8-20(3)39-24/h8-11,14-16,34-35H,5-7,12-13,17-19H2,1-4H3. The number of phenolic OH excluding ortho intramolecular Hbond substituents is 2. The summed E-state index contributed by atoms with van der Waals surface area (Å²) >= 11 is 1.60. The van der Waals surface area contributed by atoms with Gasteiger partial charge in [0.25, 0.3) is 11.8 Å². The maximum Gasteiger partial charge on any atom is 0.258 e. The lowest BCUT2D eigenvalue weighted by atomic mass is 10.1. The first-order chi connectivity index (χ1) is 18.7. The predicted molar refractivity (Wildman–Crippen MR) is 153 cm³/mol. The molecule has 39 heavy (non-hydrogen) atoms. The summed E-state index contributed by atoms with van der Waals surface area (Å²) in [6, 6.07) is 12.2. The Morgan fingerprint density at radius 3 is 2.38 bits per heavy atom. The van der Waals surface area contributed by atoms with Crippen LogP contribution in [0.4, 0.5) is 0 Å². The Kier molecular flexibility index (Phi) is 9.14. The van der Waals surface area contributed by atoms with E-state index in [9.17, 15) is 19.8 Å². The number of aryl methyl sites for hydroxylation is 1. The number of hydrogen-bond acceptors (Lipinski definition) is 7. The van der Waals surface area contributed by atoms with E-state index in [0.29, 0.717) is 26.2 Å². The van der Waals surface area contributed by atoms with Crippen LogP contribution in [-0.4, -0.2) is 70.0 Å². The van der Waals surface area contributed by atoms with Crippen LogP contribution in [0.15, 0.2) is 42.5 Å². The molecule has 208 valence electrons. The molecule has 0 radical (unpaired) electrons. The van der Waals surface area contributed by atoms with Gasteiger partial charge in [-0.1, -0.05) is 19.9 Å². The van der Waals surface area contributed by atoms with Gasteiger partial charge in [0.2, 0.25) is 0 Å². The monoisotopic (exact) mass is 551 g/mol. The van der Waals surface area contributed by atoms with E-state index in [4.69, 9.17) is 4.74 Å². The summed E-state index contributed by atoms with van der Waals surface area (Å²) in [7, 11) is 1.64. The summed E-state index contributed by atoms with van der Waals surface area (Å²) in [5.74, 6) is -0.794. The lowest BCUT2D eigenvalue weighted by Gasteiger charge is -2.20. The molecule has 9 heteroatoms. The van der Waals surface area contributed by atoms with Gasteiger partial charge in [-0.2, -0.15) is 0 Å². The summed E-state index contributed by atoms with van der Waals surface area (Å²) < 4.78 is 5.95. The Morgan fingerprint density at radius 2 is 1.69 bits per heavy atom. The van der Waals surface area contributed by atoms with Crippen molar-refractivity contribution in [2.24, 2.45) is 0 Å². The second kappa shape index (κ2) is 12.5. The van der Waals surface area contributed by atoms with E-state index < -0.39 is 11.8 Å². The number of hydrogen-bond donors (Lipinski definition) is 2. The van der Waals surface area contributed by atoms with Gasteiger partial charge in [-0.15, -0.1) is 11.3 Å². The zero-order valence-corrected chi connectivity index (χ0v) is 23.9. The lowest BCUT2D eigenvalue weighted by Crippen LogP contribution is -2.28. The molecule has 2 N–H and O–H groups in total. The van der Waals surface area contributed by atoms with Crippen LogP contribution in [0.25, 0.3) is 0 Å². The Bertz CT molecular complexity index is 1330. The average molecular weight is 552 g/mol. The van der Waals surface area contributed by atoms with Crippen LogP contribution in [0.5, 0.6) is 17.2 Å². The fourth-order valence-electron chi connectivity index (χ4n) is 4.79. The molecule has 0 saturated heterocycles. The van der Waals surface area contributed by atoms with Crippen LogP contribution in [0.1, 0.15) is 61.9 Å². The number of carbonyl (C=O) groups is 2. The van der Waals surface area contributed by atoms with Gasteiger partial charge in [0, 0.05) is 42.5 Å². The number of benzene rings is 2. The Morgan fingerprint density at radius 1 is 0.974 bits per heavy atom. The van der Waals surface area contributed by atoms with Crippen molar-refractivity contribution < 1.29 is 24.5 Å². The highest BCUT2D eigenvalue weighted by Crippen LogP contribution is 2.33. The summed E-state index contributed by atoms with van der Waals surface area (Å²) in [5.41, 5.74) is 1.96. The number of rotatable bonds is 11. The number of ether oxygens (including phenoxy) is 1. The summed E-state index contributed by atoms with van der Waals surface area (Å²) in [6.45, 7) is 11.1. The largest absolute Gasteiger partial charge is 0.507 e. The third-order valence-corrected chi connectivity index (χ3v) is 8.07. The van der Waals surface area contributed by atoms with Gasteiger partial charge in [0.1, 0.15) is 17.2 Å². The van der Waals surface area contributed by atoms with Crippen LogP contribution in [0, 0.1) is 6.92 Å². The molecule has 2 heterocycles. The zero-order chi connectivity index (χ0) is 28.1. The van der Waals surface area contributed by atoms with Gasteiger partial charge in [0.05, 0.1) is 24.3 Å². The first kappa shape index (κ1) is 28.4. The molecule has 2 aromatic carbocycles. The van der Waals surface area contributed by atoms with Crippen molar-refractivity contribution in [2.45, 2.75) is 46.8 Å². The molecule has 4 rings (SSSR count). The van der Waals surface area contributed by atoms with Crippen molar-refractivity contribution in [1.82, 2.24) is 14.7 Å². The molecule has 2 amide bonds. The van der Waals surface area contributed by atoms with Crippen molar-refractivity contribution in [3.05, 3.63) is 74.5 Å². The highest BCUT2D eigenvalue weighted by Gasteiger charge is 2.29. The highest BCUT2D eigenvalue weighted by atomic mass is 32.1. The Labute approximate surface area is 234 Å². The topological polar surface area (TPSA) is 93.6 Å². The van der Waals surface area contributed by atoms with E-state index in [1.807, 2.05) is 37.3 Å². The first-order valence-electron chi connectivity index (χ1n) is 13.3. The molecule has 0 spiro atoms. The lowest BCUT2D eigenvalue weighted by molar-refractivity contribution is 0.0748. The number of nitrogens with zero attached hydrogens (tertiary/aromatic N) is 3. The fourth-order valence-corrected chi connectivity index (χ4v) is 5.74. The second-order valence-electron chi connectivity index (χ2n) is 9.88. The average Bonchev–Trinajstić information content (AvgIpc) is 3.53. The maximum atomic E-state index is 13.4. The minimum atomic E-state index is -0.430. The van der Waals surface area contributed by atoms with E-state index in [1.54, 1.807) is 23.3 Å².